The lowest BCUT2D eigenvalue weighted by Crippen LogP contribution is -2.28. The molecule has 0 aliphatic heterocycles. The van der Waals surface area contributed by atoms with Crippen LogP contribution in [-0.4, -0.2) is 27.2 Å². The summed E-state index contributed by atoms with van der Waals surface area (Å²) in [6.45, 7) is 0.0809. The quantitative estimate of drug-likeness (QED) is 0.703. The highest BCUT2D eigenvalue weighted by Gasteiger charge is 2.42. The summed E-state index contributed by atoms with van der Waals surface area (Å²) in [6.07, 6.45) is 3.21. The first-order valence-corrected chi connectivity index (χ1v) is 5.37. The van der Waals surface area contributed by atoms with Gasteiger partial charge in [-0.05, 0) is 35.4 Å². The molecule has 1 aromatic heterocycles. The lowest BCUT2D eigenvalue weighted by molar-refractivity contribution is 0.266. The largest absolute Gasteiger partial charge is 0.394 e. The van der Waals surface area contributed by atoms with Crippen molar-refractivity contribution in [2.75, 3.05) is 11.9 Å². The van der Waals surface area contributed by atoms with Crippen molar-refractivity contribution < 1.29 is 5.11 Å². The number of hydrogen-bond acceptors (Lipinski definition) is 4. The Hall–Kier alpha value is -0.630. The molecule has 1 aliphatic carbocycles. The van der Waals surface area contributed by atoms with E-state index >= 15 is 0 Å². The number of aliphatic hydroxyl groups excluding tert-OH is 1. The standard InChI is InChI=1S/C8H10IN3O2/c9-5-6(10-4-11-7(5)14)12-8(3-13)1-2-8/h4,13H,1-3H2,(H2,10,11,12,14). The summed E-state index contributed by atoms with van der Waals surface area (Å²) in [5.41, 5.74) is -0.391. The first kappa shape index (κ1) is 9.91. The van der Waals surface area contributed by atoms with Crippen LogP contribution in [0.4, 0.5) is 5.82 Å². The van der Waals surface area contributed by atoms with E-state index in [1.165, 1.54) is 6.33 Å². The summed E-state index contributed by atoms with van der Waals surface area (Å²) in [6, 6.07) is 0. The lowest BCUT2D eigenvalue weighted by Gasteiger charge is -2.15. The lowest BCUT2D eigenvalue weighted by atomic mass is 10.3. The topological polar surface area (TPSA) is 78.0 Å². The van der Waals surface area contributed by atoms with E-state index in [9.17, 15) is 4.79 Å². The molecule has 0 unspecified atom stereocenters. The highest BCUT2D eigenvalue weighted by atomic mass is 127. The Labute approximate surface area is 94.1 Å². The van der Waals surface area contributed by atoms with E-state index in [2.05, 4.69) is 15.3 Å². The monoisotopic (exact) mass is 307 g/mol. The fourth-order valence-corrected chi connectivity index (χ4v) is 1.62. The van der Waals surface area contributed by atoms with Crippen LogP contribution in [0.3, 0.4) is 0 Å². The van der Waals surface area contributed by atoms with Gasteiger partial charge in [-0.2, -0.15) is 0 Å². The Balaban J connectivity index is 2.25. The van der Waals surface area contributed by atoms with Crippen LogP contribution in [0.2, 0.25) is 0 Å². The minimum Gasteiger partial charge on any atom is -0.394 e. The number of aromatic nitrogens is 2. The van der Waals surface area contributed by atoms with Crippen molar-refractivity contribution in [1.82, 2.24) is 9.97 Å². The van der Waals surface area contributed by atoms with Crippen molar-refractivity contribution in [3.8, 4) is 0 Å². The normalized spacial score (nSPS) is 17.9. The molecular formula is C8H10IN3O2. The van der Waals surface area contributed by atoms with Crippen LogP contribution in [-0.2, 0) is 0 Å². The Kier molecular flexibility index (Phi) is 2.48. The first-order valence-electron chi connectivity index (χ1n) is 4.29. The van der Waals surface area contributed by atoms with Crippen molar-refractivity contribution in [1.29, 1.82) is 0 Å². The van der Waals surface area contributed by atoms with Gasteiger partial charge in [-0.3, -0.25) is 4.79 Å². The maximum atomic E-state index is 11.2. The van der Waals surface area contributed by atoms with Crippen molar-refractivity contribution in [3.63, 3.8) is 0 Å². The van der Waals surface area contributed by atoms with Crippen LogP contribution in [0.1, 0.15) is 12.8 Å². The third-order valence-corrected chi connectivity index (χ3v) is 3.34. The fourth-order valence-electron chi connectivity index (χ4n) is 1.19. The van der Waals surface area contributed by atoms with Crippen LogP contribution >= 0.6 is 22.6 Å². The molecule has 6 heteroatoms. The summed E-state index contributed by atoms with van der Waals surface area (Å²) >= 11 is 1.94. The SMILES string of the molecule is O=c1[nH]cnc(NC2(CO)CC2)c1I. The Morgan fingerprint density at radius 3 is 3.00 bits per heavy atom. The van der Waals surface area contributed by atoms with Crippen molar-refractivity contribution in [2.45, 2.75) is 18.4 Å². The molecule has 14 heavy (non-hydrogen) atoms. The second-order valence-electron chi connectivity index (χ2n) is 3.46. The molecule has 2 rings (SSSR count). The molecule has 3 N–H and O–H groups in total. The number of nitrogens with zero attached hydrogens (tertiary/aromatic N) is 1. The Morgan fingerprint density at radius 1 is 1.71 bits per heavy atom. The Bertz CT molecular complexity index is 400. The fraction of sp³-hybridized carbons (Fsp3) is 0.500. The number of hydrogen-bond donors (Lipinski definition) is 3. The second-order valence-corrected chi connectivity index (χ2v) is 4.54. The molecule has 0 saturated heterocycles. The van der Waals surface area contributed by atoms with Crippen molar-refractivity contribution in [2.24, 2.45) is 0 Å². The zero-order valence-corrected chi connectivity index (χ0v) is 9.54. The maximum absolute atomic E-state index is 11.2. The van der Waals surface area contributed by atoms with Gasteiger partial charge in [0.1, 0.15) is 9.39 Å². The molecule has 0 atom stereocenters. The van der Waals surface area contributed by atoms with E-state index in [0.29, 0.717) is 9.39 Å². The van der Waals surface area contributed by atoms with Gasteiger partial charge in [-0.25, -0.2) is 4.98 Å². The number of halogens is 1. The molecule has 5 nitrogen and oxygen atoms in total. The third-order valence-electron chi connectivity index (χ3n) is 2.34. The number of nitrogens with one attached hydrogen (secondary N) is 2. The summed E-state index contributed by atoms with van der Waals surface area (Å²) < 4.78 is 0.532. The minimum absolute atomic E-state index is 0.0809. The van der Waals surface area contributed by atoms with E-state index in [1.807, 2.05) is 22.6 Å². The molecule has 76 valence electrons. The predicted octanol–water partition coefficient (Wildman–Crippen LogP) is 0.311. The van der Waals surface area contributed by atoms with Gasteiger partial charge in [-0.15, -0.1) is 0 Å². The number of rotatable bonds is 3. The Morgan fingerprint density at radius 2 is 2.43 bits per heavy atom. The molecular weight excluding hydrogens is 297 g/mol. The average molecular weight is 307 g/mol. The van der Waals surface area contributed by atoms with Crippen LogP contribution < -0.4 is 10.9 Å². The minimum atomic E-state index is -0.235. The van der Waals surface area contributed by atoms with Gasteiger partial charge in [0, 0.05) is 0 Å². The first-order chi connectivity index (χ1) is 6.67. The van der Waals surface area contributed by atoms with E-state index in [1.54, 1.807) is 0 Å². The molecule has 0 spiro atoms. The van der Waals surface area contributed by atoms with Crippen LogP contribution in [0.5, 0.6) is 0 Å². The summed E-state index contributed by atoms with van der Waals surface area (Å²) in [5, 5.41) is 12.2. The number of H-pyrrole nitrogens is 1. The molecule has 1 fully saturated rings. The molecule has 1 aromatic rings. The van der Waals surface area contributed by atoms with Crippen LogP contribution in [0, 0.1) is 3.57 Å². The van der Waals surface area contributed by atoms with Gasteiger partial charge >= 0.3 is 0 Å². The second kappa shape index (κ2) is 3.50. The summed E-state index contributed by atoms with van der Waals surface area (Å²) in [5.74, 6) is 0.556. The molecule has 0 aromatic carbocycles. The molecule has 0 radical (unpaired) electrons. The van der Waals surface area contributed by atoms with Gasteiger partial charge in [0.25, 0.3) is 5.56 Å². The highest BCUT2D eigenvalue weighted by molar-refractivity contribution is 14.1. The van der Waals surface area contributed by atoms with E-state index in [0.717, 1.165) is 12.8 Å². The van der Waals surface area contributed by atoms with Crippen molar-refractivity contribution in [3.05, 3.63) is 20.3 Å². The van der Waals surface area contributed by atoms with Crippen LogP contribution in [0.25, 0.3) is 0 Å². The molecule has 0 bridgehead atoms. The molecule has 1 heterocycles. The maximum Gasteiger partial charge on any atom is 0.266 e. The van der Waals surface area contributed by atoms with Gasteiger partial charge in [-0.1, -0.05) is 0 Å². The highest BCUT2D eigenvalue weighted by Crippen LogP contribution is 2.38. The van der Waals surface area contributed by atoms with E-state index in [4.69, 9.17) is 5.11 Å². The molecule has 0 amide bonds. The van der Waals surface area contributed by atoms with Gasteiger partial charge < -0.3 is 15.4 Å². The van der Waals surface area contributed by atoms with Gasteiger partial charge in [0.2, 0.25) is 0 Å². The zero-order chi connectivity index (χ0) is 10.2. The van der Waals surface area contributed by atoms with Gasteiger partial charge in [0.05, 0.1) is 18.5 Å². The zero-order valence-electron chi connectivity index (χ0n) is 7.38. The predicted molar refractivity (Wildman–Crippen MR) is 60.2 cm³/mol. The summed E-state index contributed by atoms with van der Waals surface area (Å²) in [7, 11) is 0. The molecule has 1 saturated carbocycles. The average Bonchev–Trinajstić information content (AvgIpc) is 2.94. The number of aliphatic hydroxyl groups is 1. The summed E-state index contributed by atoms with van der Waals surface area (Å²) in [4.78, 5) is 17.7. The van der Waals surface area contributed by atoms with Gasteiger partial charge in [0.15, 0.2) is 0 Å². The van der Waals surface area contributed by atoms with Crippen LogP contribution in [0.15, 0.2) is 11.1 Å². The van der Waals surface area contributed by atoms with E-state index in [-0.39, 0.29) is 17.7 Å². The third kappa shape index (κ3) is 1.76. The molecule has 1 aliphatic rings. The number of anilines is 1. The number of aromatic amines is 1. The smallest absolute Gasteiger partial charge is 0.266 e. The van der Waals surface area contributed by atoms with E-state index < -0.39 is 0 Å². The van der Waals surface area contributed by atoms with Crippen molar-refractivity contribution >= 4 is 28.4 Å².